The number of carbonyl (C=O) groups is 8. The molecular formula is C58H106N9O29PS. The number of nitrogens with one attached hydrogen (secondary N) is 7. The van der Waals surface area contributed by atoms with Gasteiger partial charge in [-0.2, -0.15) is 0 Å². The highest BCUT2D eigenvalue weighted by Gasteiger charge is 2.47. The third-order valence-electron chi connectivity index (χ3n) is 14.9. The fourth-order valence-electron chi connectivity index (χ4n) is 10.2. The molecule has 3 fully saturated rings. The van der Waals surface area contributed by atoms with Gasteiger partial charge in [-0.25, -0.2) is 0 Å². The minimum atomic E-state index is -3.71. The zero-order chi connectivity index (χ0) is 73.1. The Kier molecular flexibility index (Phi) is 41.4. The first-order chi connectivity index (χ1) is 46.3. The maximum Gasteiger partial charge on any atom is 0.325 e. The minimum absolute atomic E-state index is 0.00292. The maximum absolute atomic E-state index is 13.9. The largest absolute Gasteiger partial charge is 0.394 e. The van der Waals surface area contributed by atoms with Crippen LogP contribution in [0.5, 0.6) is 0 Å². The second-order valence-corrected chi connectivity index (χ2v) is 27.2. The van der Waals surface area contributed by atoms with Gasteiger partial charge in [0.15, 0.2) is 12.6 Å². The Morgan fingerprint density at radius 1 is 0.520 bits per heavy atom. The number of hydrogen-bond donors (Lipinski definition) is 18. The van der Waals surface area contributed by atoms with E-state index in [4.69, 9.17) is 58.7 Å². The molecular weight excluding hydrogens is 1350 g/mol. The lowest BCUT2D eigenvalue weighted by Gasteiger charge is -2.42. The van der Waals surface area contributed by atoms with Gasteiger partial charge in [0.1, 0.15) is 67.0 Å². The van der Waals surface area contributed by atoms with Gasteiger partial charge in [0.25, 0.3) is 0 Å². The van der Waals surface area contributed by atoms with Gasteiger partial charge in [0.2, 0.25) is 47.3 Å². The molecule has 0 radical (unpaired) electrons. The normalized spacial score (nSPS) is 26.7. The van der Waals surface area contributed by atoms with Crippen LogP contribution in [-0.2, 0) is 97.1 Å². The van der Waals surface area contributed by atoms with Gasteiger partial charge in [0, 0.05) is 79.5 Å². The van der Waals surface area contributed by atoms with Crippen LogP contribution in [0.15, 0.2) is 0 Å². The minimum Gasteiger partial charge on any atom is -0.394 e. The standard InChI is InChI=1S/C58H106N9O29PS/c1-34(71)63-47-38(93-39(30-68)50(80)53(47)83)10-8-18-87-19-13-59-43(76)27-66(28-44(77)60-14-20-88-22-24-90-56-48(64-35(2)72)54(84)51(81)40(31-69)94-56)16-9-17-67(46(79)12-7-11-42(75)62-26-37(74)33-92-97(86,98)96-58(4,5)6)29-45(78)61-15-21-89-23-25-91-57-49(65-36(3)73)55(85)52(82)41(32-70)95-57/h37-41,47-57,68-70,74,80-85H,7-33H2,1-6H3,(H,59,76)(H,60,77)(H,61,78)(H,62,75)(H,63,71)(H,64,72)(H,65,73)(H,86,98)/t37-,38?,39?,40?,41?,47?,48?,49?,50?,51?,52?,53?,54?,55?,56?,57?,97?/m1/s1. The molecule has 3 heterocycles. The SMILES string of the molecule is CC(=O)NC1C(CCCOCCNC(=O)CN(CCCN(CC(=O)NCCOCCOC2OC(CO)C(O)C(O)C2NC(C)=O)C(=O)CCCC(=O)NC[C@@H](O)COP(O)(=S)OC(C)(C)C)CC(=O)NCCOCCOC2OC(CO)C(O)C(O)C2NC(C)=O)OC(CO)C(O)C1O. The molecule has 0 aliphatic carbocycles. The average molecular weight is 1460 g/mol. The Hall–Kier alpha value is -4.47. The van der Waals surface area contributed by atoms with Gasteiger partial charge in [-0.1, -0.05) is 0 Å². The number of rotatable bonds is 47. The molecule has 38 nitrogen and oxygen atoms in total. The van der Waals surface area contributed by atoms with Crippen molar-refractivity contribution in [1.82, 2.24) is 47.0 Å². The van der Waals surface area contributed by atoms with Crippen molar-refractivity contribution in [2.45, 2.75) is 184 Å². The van der Waals surface area contributed by atoms with Crippen molar-refractivity contribution in [3.05, 3.63) is 0 Å². The van der Waals surface area contributed by atoms with Crippen LogP contribution in [-0.4, -0.2) is 355 Å². The Morgan fingerprint density at radius 2 is 0.959 bits per heavy atom. The summed E-state index contributed by atoms with van der Waals surface area (Å²) in [4.78, 5) is 116. The molecule has 568 valence electrons. The number of ether oxygens (including phenoxy) is 8. The van der Waals surface area contributed by atoms with E-state index in [2.05, 4.69) is 37.2 Å². The number of amides is 8. The molecule has 3 rings (SSSR count). The molecule has 3 saturated heterocycles. The summed E-state index contributed by atoms with van der Waals surface area (Å²) in [5, 5.41) is 120. The molecule has 18 N–H and O–H groups in total. The van der Waals surface area contributed by atoms with Crippen molar-refractivity contribution >= 4 is 65.8 Å². The Bertz CT molecular complexity index is 2390. The first-order valence-corrected chi connectivity index (χ1v) is 35.0. The van der Waals surface area contributed by atoms with Crippen molar-refractivity contribution in [3.8, 4) is 0 Å². The van der Waals surface area contributed by atoms with E-state index in [1.54, 1.807) is 20.8 Å². The monoisotopic (exact) mass is 1460 g/mol. The van der Waals surface area contributed by atoms with Gasteiger partial charge in [-0.15, -0.1) is 0 Å². The fourth-order valence-corrected chi connectivity index (χ4v) is 12.2. The summed E-state index contributed by atoms with van der Waals surface area (Å²) in [6.45, 7) is 0.593. The fraction of sp³-hybridized carbons (Fsp3) is 0.862. The molecule has 0 aromatic rings. The van der Waals surface area contributed by atoms with Gasteiger partial charge < -0.3 is 145 Å². The molecule has 3 aliphatic heterocycles. The van der Waals surface area contributed by atoms with E-state index >= 15 is 0 Å². The summed E-state index contributed by atoms with van der Waals surface area (Å²) in [7, 11) is 0. The number of aliphatic hydroxyl groups is 10. The van der Waals surface area contributed by atoms with Crippen molar-refractivity contribution < 1.29 is 141 Å². The van der Waals surface area contributed by atoms with Crippen LogP contribution in [0.3, 0.4) is 0 Å². The Labute approximate surface area is 573 Å². The molecule has 8 amide bonds. The van der Waals surface area contributed by atoms with Crippen LogP contribution < -0.4 is 37.2 Å². The van der Waals surface area contributed by atoms with Crippen LogP contribution >= 0.6 is 6.72 Å². The molecule has 0 spiro atoms. The highest BCUT2D eigenvalue weighted by atomic mass is 32.5. The van der Waals surface area contributed by atoms with Gasteiger partial charge >= 0.3 is 6.72 Å². The second kappa shape index (κ2) is 46.2. The predicted octanol–water partition coefficient (Wildman–Crippen LogP) is -8.71. The van der Waals surface area contributed by atoms with Gasteiger partial charge in [0.05, 0.1) is 116 Å². The molecule has 3 aliphatic rings. The summed E-state index contributed by atoms with van der Waals surface area (Å²) < 4.78 is 55.5. The van der Waals surface area contributed by atoms with Crippen LogP contribution in [0.1, 0.15) is 80.1 Å². The molecule has 40 heteroatoms. The lowest BCUT2D eigenvalue weighted by atomic mass is 9.90. The molecule has 17 atom stereocenters. The molecule has 0 aromatic carbocycles. The third-order valence-corrected chi connectivity index (χ3v) is 16.7. The van der Waals surface area contributed by atoms with E-state index in [0.29, 0.717) is 6.42 Å². The van der Waals surface area contributed by atoms with Crippen molar-refractivity contribution in [3.63, 3.8) is 0 Å². The summed E-state index contributed by atoms with van der Waals surface area (Å²) >= 11 is 4.98. The van der Waals surface area contributed by atoms with E-state index < -0.39 is 190 Å². The molecule has 98 heavy (non-hydrogen) atoms. The van der Waals surface area contributed by atoms with E-state index in [9.17, 15) is 94.3 Å². The first-order valence-electron chi connectivity index (χ1n) is 32.4. The maximum atomic E-state index is 13.9. The summed E-state index contributed by atoms with van der Waals surface area (Å²) in [6.07, 6.45) is -16.7. The predicted molar refractivity (Wildman–Crippen MR) is 343 cm³/mol. The first kappa shape index (κ1) is 87.7. The molecule has 0 aromatic heterocycles. The van der Waals surface area contributed by atoms with Crippen molar-refractivity contribution in [2.24, 2.45) is 0 Å². The summed E-state index contributed by atoms with van der Waals surface area (Å²) in [5.41, 5.74) is -0.833. The average Bonchev–Trinajstić information content (AvgIpc) is 0.825. The van der Waals surface area contributed by atoms with E-state index in [0.717, 1.165) is 0 Å². The lowest BCUT2D eigenvalue weighted by molar-refractivity contribution is -0.272. The van der Waals surface area contributed by atoms with Gasteiger partial charge in [-0.3, -0.25) is 43.3 Å². The quantitative estimate of drug-likeness (QED) is 0.0199. The van der Waals surface area contributed by atoms with E-state index in [-0.39, 0.29) is 137 Å². The highest BCUT2D eigenvalue weighted by Crippen LogP contribution is 2.47. The van der Waals surface area contributed by atoms with E-state index in [1.807, 2.05) is 0 Å². The zero-order valence-corrected chi connectivity index (χ0v) is 58.1. The number of hydrogen-bond acceptors (Lipinski definition) is 30. The molecule has 0 bridgehead atoms. The number of nitrogens with zero attached hydrogens (tertiary/aromatic N) is 2. The number of aliphatic hydroxyl groups excluding tert-OH is 10. The van der Waals surface area contributed by atoms with Crippen molar-refractivity contribution in [1.29, 1.82) is 0 Å². The smallest absolute Gasteiger partial charge is 0.325 e. The lowest BCUT2D eigenvalue weighted by Crippen LogP contribution is -2.64. The summed E-state index contributed by atoms with van der Waals surface area (Å²) in [5.74, 6) is -4.34. The second-order valence-electron chi connectivity index (χ2n) is 24.4. The van der Waals surface area contributed by atoms with Crippen molar-refractivity contribution in [2.75, 3.05) is 138 Å². The Balaban J connectivity index is 1.66. The summed E-state index contributed by atoms with van der Waals surface area (Å²) in [6, 6.07) is -3.31. The van der Waals surface area contributed by atoms with Crippen LogP contribution in [0.2, 0.25) is 0 Å². The Morgan fingerprint density at radius 3 is 1.42 bits per heavy atom. The van der Waals surface area contributed by atoms with Gasteiger partial charge in [-0.05, 0) is 58.3 Å². The number of carbonyl (C=O) groups excluding carboxylic acids is 8. The highest BCUT2D eigenvalue weighted by molar-refractivity contribution is 8.07. The molecule has 16 unspecified atom stereocenters. The van der Waals surface area contributed by atoms with Crippen LogP contribution in [0.4, 0.5) is 0 Å². The van der Waals surface area contributed by atoms with Crippen LogP contribution in [0, 0.1) is 0 Å². The van der Waals surface area contributed by atoms with E-state index in [1.165, 1.54) is 30.6 Å². The topological polar surface area (TPSA) is 542 Å². The zero-order valence-electron chi connectivity index (χ0n) is 56.3. The molecule has 0 saturated carbocycles. The third kappa shape index (κ3) is 34.0. The van der Waals surface area contributed by atoms with Crippen LogP contribution in [0.25, 0.3) is 0 Å².